The summed E-state index contributed by atoms with van der Waals surface area (Å²) in [4.78, 5) is 19.8. The molecule has 170 valence electrons. The van der Waals surface area contributed by atoms with Crippen LogP contribution in [-0.2, 0) is 0 Å². The second-order valence-corrected chi connectivity index (χ2v) is 8.37. The van der Waals surface area contributed by atoms with E-state index >= 15 is 0 Å². The summed E-state index contributed by atoms with van der Waals surface area (Å²) in [5, 5.41) is 3.45. The third-order valence-corrected chi connectivity index (χ3v) is 6.03. The molecule has 1 fully saturated rings. The van der Waals surface area contributed by atoms with E-state index in [4.69, 9.17) is 19.2 Å². The number of nitrogens with zero attached hydrogens (tertiary/aromatic N) is 2. The van der Waals surface area contributed by atoms with Crippen LogP contribution in [0.4, 0.5) is 11.4 Å². The Hall–Kier alpha value is -3.74. The van der Waals surface area contributed by atoms with Gasteiger partial charge < -0.3 is 24.4 Å². The number of rotatable bonds is 5. The Morgan fingerprint density at radius 3 is 2.61 bits per heavy atom. The van der Waals surface area contributed by atoms with Crippen molar-refractivity contribution in [1.82, 2.24) is 9.88 Å². The first-order chi connectivity index (χ1) is 16.1. The summed E-state index contributed by atoms with van der Waals surface area (Å²) in [6.45, 7) is 4.38. The van der Waals surface area contributed by atoms with E-state index < -0.39 is 0 Å². The van der Waals surface area contributed by atoms with Crippen molar-refractivity contribution in [2.75, 3.05) is 38.7 Å². The maximum atomic E-state index is 13.1. The summed E-state index contributed by atoms with van der Waals surface area (Å²) in [5.41, 5.74) is 4.54. The average Bonchev–Trinajstić information content (AvgIpc) is 3.34. The first-order valence-electron chi connectivity index (χ1n) is 11.2. The number of methoxy groups -OCH3 is 1. The number of pyridine rings is 1. The van der Waals surface area contributed by atoms with Crippen molar-refractivity contribution >= 4 is 17.3 Å². The molecular formula is C26H27N3O4. The van der Waals surface area contributed by atoms with Crippen LogP contribution < -0.4 is 19.5 Å². The average molecular weight is 446 g/mol. The van der Waals surface area contributed by atoms with Crippen molar-refractivity contribution in [3.05, 3.63) is 71.5 Å². The van der Waals surface area contributed by atoms with Gasteiger partial charge in [0.05, 0.1) is 7.11 Å². The number of amides is 1. The lowest BCUT2D eigenvalue weighted by atomic mass is 10.0. The SMILES string of the molecule is COc1ccc(Nc2cc(C)nc([C@H]3CCN(C(=O)c4ccc5c(c4)OCCO5)C3)c2)cc1. The number of ether oxygens (including phenoxy) is 3. The number of hydrogen-bond donors (Lipinski definition) is 1. The molecule has 1 N–H and O–H groups in total. The third-order valence-electron chi connectivity index (χ3n) is 6.03. The number of carbonyl (C=O) groups excluding carboxylic acids is 1. The van der Waals surface area contributed by atoms with Crippen LogP contribution in [0.2, 0.25) is 0 Å². The maximum Gasteiger partial charge on any atom is 0.254 e. The predicted molar refractivity (Wildman–Crippen MR) is 126 cm³/mol. The van der Waals surface area contributed by atoms with Gasteiger partial charge in [0, 0.05) is 47.3 Å². The predicted octanol–water partition coefficient (Wildman–Crippen LogP) is 4.54. The molecule has 5 rings (SSSR count). The zero-order valence-electron chi connectivity index (χ0n) is 18.8. The standard InChI is InChI=1S/C26H27N3O4/c1-17-13-21(28-20-4-6-22(31-2)7-5-20)15-23(27-17)19-9-10-29(16-19)26(30)18-3-8-24-25(14-18)33-12-11-32-24/h3-8,13-15,19H,9-12,16H2,1-2H3,(H,27,28)/t19-/m0/s1. The van der Waals surface area contributed by atoms with Gasteiger partial charge in [-0.05, 0) is 67.9 Å². The van der Waals surface area contributed by atoms with Crippen molar-refractivity contribution in [1.29, 1.82) is 0 Å². The molecule has 1 atom stereocenters. The highest BCUT2D eigenvalue weighted by atomic mass is 16.6. The number of aryl methyl sites for hydroxylation is 1. The first kappa shape index (κ1) is 21.1. The Morgan fingerprint density at radius 1 is 1.03 bits per heavy atom. The molecule has 0 aliphatic carbocycles. The van der Waals surface area contributed by atoms with Crippen molar-refractivity contribution in [3.8, 4) is 17.2 Å². The van der Waals surface area contributed by atoms with E-state index in [-0.39, 0.29) is 11.8 Å². The molecule has 1 saturated heterocycles. The third kappa shape index (κ3) is 4.58. The van der Waals surface area contributed by atoms with Crippen LogP contribution in [-0.4, -0.2) is 49.2 Å². The summed E-state index contributed by atoms with van der Waals surface area (Å²) >= 11 is 0. The highest BCUT2D eigenvalue weighted by Crippen LogP contribution is 2.33. The number of anilines is 2. The molecule has 3 aromatic rings. The topological polar surface area (TPSA) is 72.9 Å². The molecule has 2 aliphatic heterocycles. The zero-order chi connectivity index (χ0) is 22.8. The van der Waals surface area contributed by atoms with Crippen molar-refractivity contribution in [2.45, 2.75) is 19.3 Å². The van der Waals surface area contributed by atoms with E-state index in [9.17, 15) is 4.79 Å². The van der Waals surface area contributed by atoms with Gasteiger partial charge >= 0.3 is 0 Å². The molecule has 0 saturated carbocycles. The lowest BCUT2D eigenvalue weighted by Crippen LogP contribution is -2.28. The van der Waals surface area contributed by atoms with Gasteiger partial charge in [-0.15, -0.1) is 0 Å². The zero-order valence-corrected chi connectivity index (χ0v) is 18.8. The second kappa shape index (κ2) is 9.02. The Kier molecular flexibility index (Phi) is 5.77. The minimum absolute atomic E-state index is 0.0127. The molecule has 2 aliphatic rings. The van der Waals surface area contributed by atoms with Crippen LogP contribution in [0.1, 0.15) is 34.1 Å². The van der Waals surface area contributed by atoms with Crippen LogP contribution in [0.3, 0.4) is 0 Å². The minimum atomic E-state index is 0.0127. The smallest absolute Gasteiger partial charge is 0.254 e. The number of aromatic nitrogens is 1. The molecule has 1 amide bonds. The van der Waals surface area contributed by atoms with E-state index in [0.29, 0.717) is 43.4 Å². The Labute approximate surface area is 193 Å². The number of benzene rings is 2. The van der Waals surface area contributed by atoms with Gasteiger partial charge in [0.1, 0.15) is 19.0 Å². The van der Waals surface area contributed by atoms with Crippen LogP contribution in [0.25, 0.3) is 0 Å². The fraction of sp³-hybridized carbons (Fsp3) is 0.308. The van der Waals surface area contributed by atoms with Gasteiger partial charge in [-0.2, -0.15) is 0 Å². The fourth-order valence-electron chi connectivity index (χ4n) is 4.36. The number of likely N-dealkylation sites (tertiary alicyclic amines) is 1. The summed E-state index contributed by atoms with van der Waals surface area (Å²) in [7, 11) is 1.66. The van der Waals surface area contributed by atoms with Gasteiger partial charge in [-0.3, -0.25) is 9.78 Å². The molecule has 0 bridgehead atoms. The molecular weight excluding hydrogens is 418 g/mol. The molecule has 0 unspecified atom stereocenters. The fourth-order valence-corrected chi connectivity index (χ4v) is 4.36. The molecule has 33 heavy (non-hydrogen) atoms. The quantitative estimate of drug-likeness (QED) is 0.622. The summed E-state index contributed by atoms with van der Waals surface area (Å²) in [6.07, 6.45) is 0.884. The summed E-state index contributed by atoms with van der Waals surface area (Å²) < 4.78 is 16.4. The molecule has 7 nitrogen and oxygen atoms in total. The summed E-state index contributed by atoms with van der Waals surface area (Å²) in [6, 6.07) is 17.3. The highest BCUT2D eigenvalue weighted by molar-refractivity contribution is 5.95. The van der Waals surface area contributed by atoms with Crippen LogP contribution in [0.15, 0.2) is 54.6 Å². The molecule has 3 heterocycles. The van der Waals surface area contributed by atoms with Gasteiger partial charge in [-0.1, -0.05) is 0 Å². The van der Waals surface area contributed by atoms with E-state index in [2.05, 4.69) is 11.4 Å². The lowest BCUT2D eigenvalue weighted by Gasteiger charge is -2.21. The minimum Gasteiger partial charge on any atom is -0.497 e. The first-order valence-corrected chi connectivity index (χ1v) is 11.2. The van der Waals surface area contributed by atoms with Crippen molar-refractivity contribution in [2.24, 2.45) is 0 Å². The molecule has 7 heteroatoms. The molecule has 2 aromatic carbocycles. The van der Waals surface area contributed by atoms with Crippen LogP contribution in [0.5, 0.6) is 17.2 Å². The van der Waals surface area contributed by atoms with E-state index in [1.54, 1.807) is 13.2 Å². The summed E-state index contributed by atoms with van der Waals surface area (Å²) in [5.74, 6) is 2.36. The number of carbonyl (C=O) groups is 1. The van der Waals surface area contributed by atoms with E-state index in [1.807, 2.05) is 54.3 Å². The van der Waals surface area contributed by atoms with Gasteiger partial charge in [-0.25, -0.2) is 0 Å². The largest absolute Gasteiger partial charge is 0.497 e. The number of nitrogens with one attached hydrogen (secondary N) is 1. The van der Waals surface area contributed by atoms with Gasteiger partial charge in [0.2, 0.25) is 0 Å². The molecule has 0 spiro atoms. The maximum absolute atomic E-state index is 13.1. The van der Waals surface area contributed by atoms with Crippen molar-refractivity contribution < 1.29 is 19.0 Å². The van der Waals surface area contributed by atoms with E-state index in [1.165, 1.54) is 0 Å². The highest BCUT2D eigenvalue weighted by Gasteiger charge is 2.30. The van der Waals surface area contributed by atoms with Crippen LogP contribution >= 0.6 is 0 Å². The van der Waals surface area contributed by atoms with E-state index in [0.717, 1.165) is 34.9 Å². The van der Waals surface area contributed by atoms with Crippen LogP contribution in [0, 0.1) is 6.92 Å². The molecule has 0 radical (unpaired) electrons. The Balaban J connectivity index is 1.29. The Morgan fingerprint density at radius 2 is 1.82 bits per heavy atom. The monoisotopic (exact) mass is 445 g/mol. The van der Waals surface area contributed by atoms with Gasteiger partial charge in [0.25, 0.3) is 5.91 Å². The van der Waals surface area contributed by atoms with Gasteiger partial charge in [0.15, 0.2) is 11.5 Å². The lowest BCUT2D eigenvalue weighted by molar-refractivity contribution is 0.0789. The Bertz CT molecular complexity index is 1160. The van der Waals surface area contributed by atoms with Crippen molar-refractivity contribution in [3.63, 3.8) is 0 Å². The normalized spacial score (nSPS) is 17.0. The second-order valence-electron chi connectivity index (χ2n) is 8.37. The molecule has 1 aromatic heterocycles. The number of fused-ring (bicyclic) bond motifs is 1. The number of hydrogen-bond acceptors (Lipinski definition) is 6.